The average Bonchev–Trinajstić information content (AvgIpc) is 2.92. The summed E-state index contributed by atoms with van der Waals surface area (Å²) in [6.07, 6.45) is 1.80. The first-order valence-electron chi connectivity index (χ1n) is 9.24. The molecule has 0 aliphatic heterocycles. The highest BCUT2D eigenvalue weighted by molar-refractivity contribution is 5.91. The zero-order valence-corrected chi connectivity index (χ0v) is 16.9. The molecule has 2 heterocycles. The van der Waals surface area contributed by atoms with E-state index in [0.29, 0.717) is 5.75 Å². The SMILES string of the molecule is CCn1nc(-c2cc(C(C)(C)C)c(O)c(C(C)(C)C)c2)c2cccnc21. The van der Waals surface area contributed by atoms with Crippen LogP contribution in [0.5, 0.6) is 5.75 Å². The molecule has 0 bridgehead atoms. The molecule has 0 radical (unpaired) electrons. The van der Waals surface area contributed by atoms with Crippen LogP contribution in [0, 0.1) is 0 Å². The molecule has 0 unspecified atom stereocenters. The van der Waals surface area contributed by atoms with Gasteiger partial charge in [-0.2, -0.15) is 5.10 Å². The maximum absolute atomic E-state index is 11.0. The van der Waals surface area contributed by atoms with Crippen LogP contribution >= 0.6 is 0 Å². The highest BCUT2D eigenvalue weighted by Gasteiger charge is 2.27. The lowest BCUT2D eigenvalue weighted by Crippen LogP contribution is -2.17. The predicted molar refractivity (Wildman–Crippen MR) is 108 cm³/mol. The van der Waals surface area contributed by atoms with Gasteiger partial charge in [0.05, 0.1) is 0 Å². The van der Waals surface area contributed by atoms with Crippen LogP contribution in [0.2, 0.25) is 0 Å². The third kappa shape index (κ3) is 3.09. The van der Waals surface area contributed by atoms with Crippen molar-refractivity contribution in [2.24, 2.45) is 0 Å². The molecule has 0 aliphatic carbocycles. The van der Waals surface area contributed by atoms with Crippen molar-refractivity contribution in [3.05, 3.63) is 41.6 Å². The zero-order chi connectivity index (χ0) is 19.3. The first-order valence-corrected chi connectivity index (χ1v) is 9.24. The summed E-state index contributed by atoms with van der Waals surface area (Å²) in [6, 6.07) is 8.18. The lowest BCUT2D eigenvalue weighted by atomic mass is 9.78. The molecular weight excluding hydrogens is 322 g/mol. The molecule has 1 aromatic carbocycles. The van der Waals surface area contributed by atoms with Crippen LogP contribution in [0.25, 0.3) is 22.3 Å². The summed E-state index contributed by atoms with van der Waals surface area (Å²) in [5, 5.41) is 16.8. The van der Waals surface area contributed by atoms with Gasteiger partial charge >= 0.3 is 0 Å². The normalized spacial score (nSPS) is 12.7. The van der Waals surface area contributed by atoms with E-state index in [4.69, 9.17) is 5.10 Å². The summed E-state index contributed by atoms with van der Waals surface area (Å²) < 4.78 is 1.94. The Hall–Kier alpha value is -2.36. The van der Waals surface area contributed by atoms with E-state index in [1.54, 1.807) is 6.20 Å². The molecule has 2 aromatic heterocycles. The fourth-order valence-electron chi connectivity index (χ4n) is 3.36. The van der Waals surface area contributed by atoms with E-state index in [9.17, 15) is 5.11 Å². The van der Waals surface area contributed by atoms with Crippen LogP contribution in [0.15, 0.2) is 30.5 Å². The summed E-state index contributed by atoms with van der Waals surface area (Å²) in [4.78, 5) is 4.51. The molecule has 3 aromatic rings. The monoisotopic (exact) mass is 351 g/mol. The molecule has 138 valence electrons. The highest BCUT2D eigenvalue weighted by atomic mass is 16.3. The average molecular weight is 351 g/mol. The summed E-state index contributed by atoms with van der Waals surface area (Å²) in [5.41, 5.74) is 4.41. The molecule has 0 saturated carbocycles. The summed E-state index contributed by atoms with van der Waals surface area (Å²) >= 11 is 0. The molecule has 0 atom stereocenters. The summed E-state index contributed by atoms with van der Waals surface area (Å²) in [5.74, 6) is 0.395. The topological polar surface area (TPSA) is 50.9 Å². The Bertz CT molecular complexity index is 921. The number of rotatable bonds is 2. The van der Waals surface area contributed by atoms with Gasteiger partial charge in [-0.05, 0) is 42.0 Å². The van der Waals surface area contributed by atoms with Gasteiger partial charge in [0.1, 0.15) is 11.4 Å². The van der Waals surface area contributed by atoms with Gasteiger partial charge in [-0.3, -0.25) is 0 Å². The fraction of sp³-hybridized carbons (Fsp3) is 0.455. The summed E-state index contributed by atoms with van der Waals surface area (Å²) in [7, 11) is 0. The van der Waals surface area contributed by atoms with E-state index >= 15 is 0 Å². The van der Waals surface area contributed by atoms with Crippen molar-refractivity contribution in [3.8, 4) is 17.0 Å². The smallest absolute Gasteiger partial charge is 0.158 e. The quantitative estimate of drug-likeness (QED) is 0.671. The number of hydrogen-bond acceptors (Lipinski definition) is 3. The van der Waals surface area contributed by atoms with Crippen molar-refractivity contribution >= 4 is 11.0 Å². The molecule has 26 heavy (non-hydrogen) atoms. The van der Waals surface area contributed by atoms with E-state index in [-0.39, 0.29) is 10.8 Å². The second-order valence-corrected chi connectivity index (χ2v) is 8.96. The minimum atomic E-state index is -0.165. The van der Waals surface area contributed by atoms with Gasteiger partial charge in [-0.25, -0.2) is 9.67 Å². The van der Waals surface area contributed by atoms with Gasteiger partial charge in [0.15, 0.2) is 5.65 Å². The minimum absolute atomic E-state index is 0.165. The molecule has 4 heteroatoms. The number of fused-ring (bicyclic) bond motifs is 1. The van der Waals surface area contributed by atoms with E-state index in [1.165, 1.54) is 0 Å². The number of aryl methyl sites for hydroxylation is 1. The van der Waals surface area contributed by atoms with Crippen molar-refractivity contribution in [3.63, 3.8) is 0 Å². The van der Waals surface area contributed by atoms with Crippen LogP contribution in [-0.2, 0) is 17.4 Å². The lowest BCUT2D eigenvalue weighted by Gasteiger charge is -2.28. The number of aromatic nitrogens is 3. The van der Waals surface area contributed by atoms with E-state index in [2.05, 4.69) is 71.6 Å². The zero-order valence-electron chi connectivity index (χ0n) is 16.9. The van der Waals surface area contributed by atoms with Crippen molar-refractivity contribution in [2.75, 3.05) is 0 Å². The molecule has 1 N–H and O–H groups in total. The Kier molecular flexibility index (Phi) is 4.33. The predicted octanol–water partition coefficient (Wildman–Crippen LogP) is 5.42. The van der Waals surface area contributed by atoms with Crippen LogP contribution in [-0.4, -0.2) is 19.9 Å². The van der Waals surface area contributed by atoms with Crippen LogP contribution in [0.4, 0.5) is 0 Å². The summed E-state index contributed by atoms with van der Waals surface area (Å²) in [6.45, 7) is 15.6. The van der Waals surface area contributed by atoms with Crippen LogP contribution in [0.1, 0.15) is 59.6 Å². The standard InChI is InChI=1S/C22H29N3O/c1-8-25-20-15(10-9-11-23-20)18(24-25)14-12-16(21(2,3)4)19(26)17(13-14)22(5,6)7/h9-13,26H,8H2,1-7H3. The maximum atomic E-state index is 11.0. The number of phenols is 1. The number of phenolic OH excluding ortho intramolecular Hbond substituents is 1. The van der Waals surface area contributed by atoms with Gasteiger partial charge in [-0.15, -0.1) is 0 Å². The number of aromatic hydroxyl groups is 1. The van der Waals surface area contributed by atoms with Crippen molar-refractivity contribution in [1.82, 2.24) is 14.8 Å². The molecule has 0 saturated heterocycles. The van der Waals surface area contributed by atoms with E-state index in [0.717, 1.165) is 40.0 Å². The third-order valence-electron chi connectivity index (χ3n) is 4.81. The van der Waals surface area contributed by atoms with Crippen LogP contribution < -0.4 is 0 Å². The van der Waals surface area contributed by atoms with Gasteiger partial charge in [0.25, 0.3) is 0 Å². The minimum Gasteiger partial charge on any atom is -0.507 e. The Morgan fingerprint density at radius 1 is 1.00 bits per heavy atom. The molecule has 0 aliphatic rings. The highest BCUT2D eigenvalue weighted by Crippen LogP contribution is 2.42. The maximum Gasteiger partial charge on any atom is 0.158 e. The molecule has 0 fully saturated rings. The Balaban J connectivity index is 2.36. The first kappa shape index (κ1) is 18.4. The lowest BCUT2D eigenvalue weighted by molar-refractivity contribution is 0.423. The van der Waals surface area contributed by atoms with E-state index in [1.807, 2.05) is 10.7 Å². The number of benzene rings is 1. The Labute approximate surface area is 155 Å². The van der Waals surface area contributed by atoms with Crippen molar-refractivity contribution in [1.29, 1.82) is 0 Å². The van der Waals surface area contributed by atoms with Gasteiger partial charge < -0.3 is 5.11 Å². The second kappa shape index (κ2) is 6.11. The van der Waals surface area contributed by atoms with Crippen molar-refractivity contribution in [2.45, 2.75) is 65.8 Å². The third-order valence-corrected chi connectivity index (χ3v) is 4.81. The van der Waals surface area contributed by atoms with Gasteiger partial charge in [0.2, 0.25) is 0 Å². The molecule has 0 amide bonds. The molecule has 4 nitrogen and oxygen atoms in total. The number of hydrogen-bond donors (Lipinski definition) is 1. The Morgan fingerprint density at radius 2 is 1.58 bits per heavy atom. The van der Waals surface area contributed by atoms with Crippen LogP contribution in [0.3, 0.4) is 0 Å². The fourth-order valence-corrected chi connectivity index (χ4v) is 3.36. The number of pyridine rings is 1. The first-order chi connectivity index (χ1) is 12.0. The Morgan fingerprint density at radius 3 is 2.08 bits per heavy atom. The largest absolute Gasteiger partial charge is 0.507 e. The molecule has 0 spiro atoms. The number of nitrogens with zero attached hydrogens (tertiary/aromatic N) is 3. The van der Waals surface area contributed by atoms with Crippen molar-refractivity contribution < 1.29 is 5.11 Å². The van der Waals surface area contributed by atoms with Gasteiger partial charge in [-0.1, -0.05) is 41.5 Å². The molecular formula is C22H29N3O. The molecule has 3 rings (SSSR count). The van der Waals surface area contributed by atoms with E-state index < -0.39 is 0 Å². The van der Waals surface area contributed by atoms with Gasteiger partial charge in [0, 0.05) is 34.8 Å². The second-order valence-electron chi connectivity index (χ2n) is 8.96.